The maximum absolute atomic E-state index is 12.8. The third-order valence-electron chi connectivity index (χ3n) is 2.14. The van der Waals surface area contributed by atoms with Crippen LogP contribution >= 0.6 is 0 Å². The number of aromatic nitrogens is 1. The van der Waals surface area contributed by atoms with Gasteiger partial charge in [0.2, 0.25) is 0 Å². The monoisotopic (exact) mass is 276 g/mol. The number of ether oxygens (including phenoxy) is 2. The third-order valence-corrected chi connectivity index (χ3v) is 2.14. The molecule has 9 heteroatoms. The quantitative estimate of drug-likeness (QED) is 0.464. The lowest BCUT2D eigenvalue weighted by atomic mass is 10.1. The highest BCUT2D eigenvalue weighted by molar-refractivity contribution is 5.96. The zero-order valence-electron chi connectivity index (χ0n) is 10.1. The number of methoxy groups -OCH3 is 1. The van der Waals surface area contributed by atoms with Gasteiger partial charge in [0.1, 0.15) is 0 Å². The molecular weight excluding hydrogens is 266 g/mol. The highest BCUT2D eigenvalue weighted by atomic mass is 19.3. The molecule has 0 aliphatic carbocycles. The summed E-state index contributed by atoms with van der Waals surface area (Å²) in [6.07, 6.45) is -2.44. The van der Waals surface area contributed by atoms with E-state index in [1.165, 1.54) is 6.92 Å². The minimum absolute atomic E-state index is 0.108. The van der Waals surface area contributed by atoms with Crippen LogP contribution in [0, 0.1) is 10.1 Å². The van der Waals surface area contributed by atoms with Crippen LogP contribution in [0.25, 0.3) is 0 Å². The Bertz CT molecular complexity index is 507. The van der Waals surface area contributed by atoms with Crippen LogP contribution in [0.15, 0.2) is 6.20 Å². The van der Waals surface area contributed by atoms with Crippen LogP contribution in [0.2, 0.25) is 0 Å². The fraction of sp³-hybridized carbons (Fsp3) is 0.400. The molecule has 0 bridgehead atoms. The summed E-state index contributed by atoms with van der Waals surface area (Å²) in [6.45, 7) is 1.34. The van der Waals surface area contributed by atoms with E-state index >= 15 is 0 Å². The first-order chi connectivity index (χ1) is 8.93. The molecule has 0 atom stereocenters. The van der Waals surface area contributed by atoms with Gasteiger partial charge in [-0.05, 0) is 6.92 Å². The molecule has 0 fully saturated rings. The Morgan fingerprint density at radius 1 is 1.58 bits per heavy atom. The number of nitrogens with zero attached hydrogens (tertiary/aromatic N) is 2. The van der Waals surface area contributed by atoms with Crippen molar-refractivity contribution >= 4 is 11.7 Å². The Morgan fingerprint density at radius 3 is 2.63 bits per heavy atom. The molecule has 19 heavy (non-hydrogen) atoms. The SMILES string of the molecule is CCOC(=O)c1c(C(F)F)cnc(OC)c1[N+](=O)[O-]. The first-order valence-electron chi connectivity index (χ1n) is 5.10. The maximum Gasteiger partial charge on any atom is 0.345 e. The molecule has 0 aliphatic heterocycles. The number of esters is 1. The van der Waals surface area contributed by atoms with Crippen LogP contribution in [0.1, 0.15) is 29.3 Å². The lowest BCUT2D eigenvalue weighted by Gasteiger charge is -2.10. The van der Waals surface area contributed by atoms with Crippen molar-refractivity contribution in [3.8, 4) is 5.88 Å². The van der Waals surface area contributed by atoms with Gasteiger partial charge in [-0.25, -0.2) is 18.6 Å². The summed E-state index contributed by atoms with van der Waals surface area (Å²) in [5, 5.41) is 10.9. The molecule has 0 amide bonds. The number of hydrogen-bond donors (Lipinski definition) is 0. The van der Waals surface area contributed by atoms with E-state index in [0.29, 0.717) is 6.20 Å². The predicted molar refractivity (Wildman–Crippen MR) is 58.4 cm³/mol. The van der Waals surface area contributed by atoms with E-state index in [1.807, 2.05) is 0 Å². The Hall–Kier alpha value is -2.32. The fourth-order valence-corrected chi connectivity index (χ4v) is 1.40. The van der Waals surface area contributed by atoms with Crippen molar-refractivity contribution in [2.75, 3.05) is 13.7 Å². The first-order valence-corrected chi connectivity index (χ1v) is 5.10. The van der Waals surface area contributed by atoms with Crippen molar-refractivity contribution in [1.82, 2.24) is 4.98 Å². The van der Waals surface area contributed by atoms with Crippen molar-refractivity contribution < 1.29 is 28.0 Å². The van der Waals surface area contributed by atoms with Gasteiger partial charge in [-0.2, -0.15) is 0 Å². The minimum Gasteiger partial charge on any atom is -0.476 e. The number of nitro groups is 1. The second-order valence-corrected chi connectivity index (χ2v) is 3.22. The van der Waals surface area contributed by atoms with Crippen LogP contribution in [-0.4, -0.2) is 29.6 Å². The van der Waals surface area contributed by atoms with Gasteiger partial charge in [-0.3, -0.25) is 10.1 Å². The van der Waals surface area contributed by atoms with Crippen LogP contribution in [0.3, 0.4) is 0 Å². The van der Waals surface area contributed by atoms with Crippen LogP contribution < -0.4 is 4.74 Å². The molecule has 0 aromatic carbocycles. The predicted octanol–water partition coefficient (Wildman–Crippen LogP) is 2.11. The number of carbonyl (C=O) groups excluding carboxylic acids is 1. The average Bonchev–Trinajstić information content (AvgIpc) is 2.36. The molecule has 0 saturated carbocycles. The summed E-state index contributed by atoms with van der Waals surface area (Å²) in [5.41, 5.74) is -2.64. The summed E-state index contributed by atoms with van der Waals surface area (Å²) in [4.78, 5) is 24.9. The van der Waals surface area contributed by atoms with Gasteiger partial charge in [-0.1, -0.05) is 0 Å². The first kappa shape index (κ1) is 14.7. The lowest BCUT2D eigenvalue weighted by Crippen LogP contribution is -2.13. The number of halogens is 2. The highest BCUT2D eigenvalue weighted by Crippen LogP contribution is 2.35. The van der Waals surface area contributed by atoms with E-state index in [-0.39, 0.29) is 6.61 Å². The molecule has 0 saturated heterocycles. The summed E-state index contributed by atoms with van der Waals surface area (Å²) in [5.74, 6) is -1.75. The molecule has 1 aromatic rings. The van der Waals surface area contributed by atoms with Crippen LogP contribution in [0.4, 0.5) is 14.5 Å². The second-order valence-electron chi connectivity index (χ2n) is 3.22. The molecule has 1 aromatic heterocycles. The van der Waals surface area contributed by atoms with Gasteiger partial charge in [0.15, 0.2) is 5.56 Å². The van der Waals surface area contributed by atoms with E-state index < -0.39 is 40.0 Å². The summed E-state index contributed by atoms with van der Waals surface area (Å²) in [6, 6.07) is 0. The smallest absolute Gasteiger partial charge is 0.345 e. The normalized spacial score (nSPS) is 10.4. The van der Waals surface area contributed by atoms with E-state index in [9.17, 15) is 23.7 Å². The van der Waals surface area contributed by atoms with E-state index in [4.69, 9.17) is 0 Å². The van der Waals surface area contributed by atoms with Crippen molar-refractivity contribution in [1.29, 1.82) is 0 Å². The molecule has 0 radical (unpaired) electrons. The molecule has 0 unspecified atom stereocenters. The Balaban J connectivity index is 3.58. The lowest BCUT2D eigenvalue weighted by molar-refractivity contribution is -0.386. The molecule has 1 rings (SSSR count). The molecule has 7 nitrogen and oxygen atoms in total. The molecule has 104 valence electrons. The van der Waals surface area contributed by atoms with E-state index in [1.54, 1.807) is 0 Å². The average molecular weight is 276 g/mol. The van der Waals surface area contributed by atoms with E-state index in [2.05, 4.69) is 14.5 Å². The Labute approximate surface area is 106 Å². The van der Waals surface area contributed by atoms with Gasteiger partial charge in [0.25, 0.3) is 12.3 Å². The number of carbonyl (C=O) groups is 1. The molecule has 1 heterocycles. The van der Waals surface area contributed by atoms with Gasteiger partial charge in [0.05, 0.1) is 24.2 Å². The Morgan fingerprint density at radius 2 is 2.21 bits per heavy atom. The summed E-state index contributed by atoms with van der Waals surface area (Å²) in [7, 11) is 1.08. The number of rotatable bonds is 5. The van der Waals surface area contributed by atoms with Gasteiger partial charge in [0, 0.05) is 6.20 Å². The standard InChI is InChI=1S/C10H10F2N2O5/c1-3-19-10(15)6-5(8(11)12)4-13-9(18-2)7(6)14(16)17/h4,8H,3H2,1-2H3. The van der Waals surface area contributed by atoms with Gasteiger partial charge < -0.3 is 9.47 Å². The van der Waals surface area contributed by atoms with Crippen molar-refractivity contribution in [2.45, 2.75) is 13.3 Å². The second kappa shape index (κ2) is 6.03. The summed E-state index contributed by atoms with van der Waals surface area (Å²) < 4.78 is 34.7. The maximum atomic E-state index is 12.8. The third kappa shape index (κ3) is 2.92. The van der Waals surface area contributed by atoms with Crippen molar-refractivity contribution in [3.05, 3.63) is 27.4 Å². The van der Waals surface area contributed by atoms with Gasteiger partial charge >= 0.3 is 11.7 Å². The van der Waals surface area contributed by atoms with Gasteiger partial charge in [-0.15, -0.1) is 0 Å². The van der Waals surface area contributed by atoms with Crippen LogP contribution in [-0.2, 0) is 4.74 Å². The zero-order chi connectivity index (χ0) is 14.6. The number of alkyl halides is 2. The van der Waals surface area contributed by atoms with Crippen molar-refractivity contribution in [2.24, 2.45) is 0 Å². The van der Waals surface area contributed by atoms with Crippen LogP contribution in [0.5, 0.6) is 5.88 Å². The minimum atomic E-state index is -3.10. The Kier molecular flexibility index (Phi) is 4.67. The largest absolute Gasteiger partial charge is 0.476 e. The highest BCUT2D eigenvalue weighted by Gasteiger charge is 2.34. The molecule has 0 aliphatic rings. The van der Waals surface area contributed by atoms with Crippen molar-refractivity contribution in [3.63, 3.8) is 0 Å². The summed E-state index contributed by atoms with van der Waals surface area (Å²) >= 11 is 0. The molecular formula is C10H10F2N2O5. The topological polar surface area (TPSA) is 91.6 Å². The number of pyridine rings is 1. The zero-order valence-corrected chi connectivity index (χ0v) is 10.1. The molecule has 0 spiro atoms. The molecule has 0 N–H and O–H groups in total. The number of hydrogen-bond acceptors (Lipinski definition) is 6. The fourth-order valence-electron chi connectivity index (χ4n) is 1.40. The van der Waals surface area contributed by atoms with E-state index in [0.717, 1.165) is 7.11 Å².